The highest BCUT2D eigenvalue weighted by Crippen LogP contribution is 2.28. The maximum absolute atomic E-state index is 4.13. The predicted molar refractivity (Wildman–Crippen MR) is 67.9 cm³/mol. The molecule has 0 amide bonds. The van der Waals surface area contributed by atoms with Crippen LogP contribution >= 0.6 is 0 Å². The maximum atomic E-state index is 4.13. The highest BCUT2D eigenvalue weighted by molar-refractivity contribution is 5.67. The van der Waals surface area contributed by atoms with Crippen LogP contribution in [0.4, 0.5) is 5.69 Å². The largest absolute Gasteiger partial charge is 0.384 e. The first kappa shape index (κ1) is 10.3. The van der Waals surface area contributed by atoms with Crippen molar-refractivity contribution in [3.05, 3.63) is 30.0 Å². The first-order valence-corrected chi connectivity index (χ1v) is 6.14. The van der Waals surface area contributed by atoms with E-state index in [0.29, 0.717) is 0 Å². The summed E-state index contributed by atoms with van der Waals surface area (Å²) in [7, 11) is 0. The molecule has 0 unspecified atom stereocenters. The van der Waals surface area contributed by atoms with Crippen molar-refractivity contribution in [1.82, 2.24) is 15.0 Å². The third-order valence-corrected chi connectivity index (χ3v) is 3.16. The average Bonchev–Trinajstić information content (AvgIpc) is 2.96. The molecule has 1 N–H and O–H groups in total. The minimum absolute atomic E-state index is 0.921. The van der Waals surface area contributed by atoms with Crippen molar-refractivity contribution in [2.24, 2.45) is 0 Å². The fourth-order valence-corrected chi connectivity index (χ4v) is 2.32. The molecule has 4 nitrogen and oxygen atoms in total. The fourth-order valence-electron chi connectivity index (χ4n) is 2.32. The molecule has 0 aliphatic carbocycles. The van der Waals surface area contributed by atoms with Crippen LogP contribution in [0.1, 0.15) is 18.9 Å². The van der Waals surface area contributed by atoms with Gasteiger partial charge in [0.05, 0.1) is 11.9 Å². The lowest BCUT2D eigenvalue weighted by atomic mass is 10.1. The Labute approximate surface area is 101 Å². The van der Waals surface area contributed by atoms with Gasteiger partial charge in [0.2, 0.25) is 0 Å². The molecule has 1 aromatic carbocycles. The fraction of sp³-hybridized carbons (Fsp3) is 0.385. The standard InChI is InChI=1S/C13H16N4/c1-2-7-17-13(9-15-16-17)11-3-4-12-10(8-11)5-6-14-12/h3-4,8-9,14H,2,5-7H2,1H3. The van der Waals surface area contributed by atoms with E-state index in [9.17, 15) is 0 Å². The Kier molecular flexibility index (Phi) is 2.55. The molecule has 0 saturated heterocycles. The second-order valence-corrected chi connectivity index (χ2v) is 4.39. The molecule has 2 aromatic rings. The van der Waals surface area contributed by atoms with Crippen molar-refractivity contribution in [3.63, 3.8) is 0 Å². The summed E-state index contributed by atoms with van der Waals surface area (Å²) in [6, 6.07) is 6.54. The third kappa shape index (κ3) is 1.79. The van der Waals surface area contributed by atoms with Crippen LogP contribution in [0.15, 0.2) is 24.4 Å². The van der Waals surface area contributed by atoms with Gasteiger partial charge in [-0.3, -0.25) is 0 Å². The molecule has 3 rings (SSSR count). The van der Waals surface area contributed by atoms with E-state index in [2.05, 4.69) is 40.8 Å². The quantitative estimate of drug-likeness (QED) is 0.876. The van der Waals surface area contributed by atoms with E-state index in [4.69, 9.17) is 0 Å². The first-order valence-electron chi connectivity index (χ1n) is 6.14. The van der Waals surface area contributed by atoms with Gasteiger partial charge in [-0.05, 0) is 30.5 Å². The van der Waals surface area contributed by atoms with E-state index < -0.39 is 0 Å². The molecule has 1 aliphatic heterocycles. The average molecular weight is 228 g/mol. The predicted octanol–water partition coefficient (Wildman–Crippen LogP) is 2.32. The number of benzene rings is 1. The summed E-state index contributed by atoms with van der Waals surface area (Å²) < 4.78 is 1.98. The van der Waals surface area contributed by atoms with Gasteiger partial charge in [0, 0.05) is 24.3 Å². The first-order chi connectivity index (χ1) is 8.38. The molecule has 88 valence electrons. The Balaban J connectivity index is 2.00. The van der Waals surface area contributed by atoms with Gasteiger partial charge < -0.3 is 5.32 Å². The van der Waals surface area contributed by atoms with Crippen LogP contribution < -0.4 is 5.32 Å². The summed E-state index contributed by atoms with van der Waals surface area (Å²) in [4.78, 5) is 0. The van der Waals surface area contributed by atoms with E-state index in [1.165, 1.54) is 16.8 Å². The molecule has 17 heavy (non-hydrogen) atoms. The van der Waals surface area contributed by atoms with Gasteiger partial charge in [-0.25, -0.2) is 4.68 Å². The molecule has 0 spiro atoms. The van der Waals surface area contributed by atoms with Crippen molar-refractivity contribution in [2.45, 2.75) is 26.3 Å². The summed E-state index contributed by atoms with van der Waals surface area (Å²) in [5, 5.41) is 11.5. The lowest BCUT2D eigenvalue weighted by Crippen LogP contribution is -2.01. The van der Waals surface area contributed by atoms with Crippen LogP contribution in [0.2, 0.25) is 0 Å². The monoisotopic (exact) mass is 228 g/mol. The number of fused-ring (bicyclic) bond motifs is 1. The molecule has 2 heterocycles. The number of hydrogen-bond acceptors (Lipinski definition) is 3. The van der Waals surface area contributed by atoms with Crippen LogP contribution in [0.3, 0.4) is 0 Å². The number of aromatic nitrogens is 3. The second-order valence-electron chi connectivity index (χ2n) is 4.39. The highest BCUT2D eigenvalue weighted by atomic mass is 15.4. The van der Waals surface area contributed by atoms with Gasteiger partial charge in [-0.2, -0.15) is 0 Å². The Hall–Kier alpha value is -1.84. The van der Waals surface area contributed by atoms with Crippen molar-refractivity contribution in [1.29, 1.82) is 0 Å². The summed E-state index contributed by atoms with van der Waals surface area (Å²) >= 11 is 0. The minimum Gasteiger partial charge on any atom is -0.384 e. The van der Waals surface area contributed by atoms with Gasteiger partial charge in [-0.1, -0.05) is 18.2 Å². The molecule has 0 radical (unpaired) electrons. The van der Waals surface area contributed by atoms with Crippen molar-refractivity contribution in [2.75, 3.05) is 11.9 Å². The van der Waals surface area contributed by atoms with E-state index in [-0.39, 0.29) is 0 Å². The SMILES string of the molecule is CCCn1nncc1-c1ccc2c(c1)CCN2. The number of nitrogens with one attached hydrogen (secondary N) is 1. The van der Waals surface area contributed by atoms with E-state index in [0.717, 1.165) is 31.6 Å². The van der Waals surface area contributed by atoms with Crippen LogP contribution in [0.5, 0.6) is 0 Å². The zero-order valence-corrected chi connectivity index (χ0v) is 9.98. The molecular weight excluding hydrogens is 212 g/mol. The molecule has 4 heteroatoms. The maximum Gasteiger partial charge on any atom is 0.0885 e. The van der Waals surface area contributed by atoms with Gasteiger partial charge >= 0.3 is 0 Å². The number of hydrogen-bond donors (Lipinski definition) is 1. The van der Waals surface area contributed by atoms with E-state index >= 15 is 0 Å². The number of aryl methyl sites for hydroxylation is 1. The van der Waals surface area contributed by atoms with Crippen molar-refractivity contribution in [3.8, 4) is 11.3 Å². The van der Waals surface area contributed by atoms with Gasteiger partial charge in [0.25, 0.3) is 0 Å². The zero-order valence-electron chi connectivity index (χ0n) is 9.98. The Bertz CT molecular complexity index is 530. The summed E-state index contributed by atoms with van der Waals surface area (Å²) in [6.45, 7) is 4.12. The van der Waals surface area contributed by atoms with Gasteiger partial charge in [-0.15, -0.1) is 5.10 Å². The smallest absolute Gasteiger partial charge is 0.0885 e. The van der Waals surface area contributed by atoms with Crippen LogP contribution in [0.25, 0.3) is 11.3 Å². The van der Waals surface area contributed by atoms with Crippen LogP contribution in [-0.2, 0) is 13.0 Å². The Morgan fingerprint density at radius 2 is 2.35 bits per heavy atom. The molecule has 0 fully saturated rings. The lowest BCUT2D eigenvalue weighted by Gasteiger charge is -2.06. The molecular formula is C13H16N4. The zero-order chi connectivity index (χ0) is 11.7. The van der Waals surface area contributed by atoms with Crippen molar-refractivity contribution < 1.29 is 0 Å². The van der Waals surface area contributed by atoms with Gasteiger partial charge in [0.15, 0.2) is 0 Å². The van der Waals surface area contributed by atoms with Gasteiger partial charge in [0.1, 0.15) is 0 Å². The van der Waals surface area contributed by atoms with E-state index in [1.54, 1.807) is 0 Å². The van der Waals surface area contributed by atoms with Crippen molar-refractivity contribution >= 4 is 5.69 Å². The highest BCUT2D eigenvalue weighted by Gasteiger charge is 2.12. The molecule has 0 saturated carbocycles. The lowest BCUT2D eigenvalue weighted by molar-refractivity contribution is 0.584. The summed E-state index contributed by atoms with van der Waals surface area (Å²) in [5.41, 5.74) is 4.99. The molecule has 0 bridgehead atoms. The molecule has 1 aliphatic rings. The number of anilines is 1. The molecule has 1 aromatic heterocycles. The second kappa shape index (κ2) is 4.20. The summed E-state index contributed by atoms with van der Waals surface area (Å²) in [6.07, 6.45) is 4.03. The normalized spacial score (nSPS) is 13.5. The van der Waals surface area contributed by atoms with Crippen LogP contribution in [-0.4, -0.2) is 21.5 Å². The van der Waals surface area contributed by atoms with Crippen LogP contribution in [0, 0.1) is 0 Å². The Morgan fingerprint density at radius 1 is 1.41 bits per heavy atom. The number of nitrogens with zero attached hydrogens (tertiary/aromatic N) is 3. The Morgan fingerprint density at radius 3 is 3.24 bits per heavy atom. The molecule has 0 atom stereocenters. The topological polar surface area (TPSA) is 42.7 Å². The number of rotatable bonds is 3. The summed E-state index contributed by atoms with van der Waals surface area (Å²) in [5.74, 6) is 0. The third-order valence-electron chi connectivity index (χ3n) is 3.16. The van der Waals surface area contributed by atoms with E-state index in [1.807, 2.05) is 10.9 Å². The minimum atomic E-state index is 0.921.